The quantitative estimate of drug-likeness (QED) is 0.169. The van der Waals surface area contributed by atoms with Gasteiger partial charge in [-0.2, -0.15) is 0 Å². The number of furan rings is 1. The van der Waals surface area contributed by atoms with Crippen molar-refractivity contribution < 1.29 is 27.7 Å². The third-order valence-electron chi connectivity index (χ3n) is 8.39. The average molecular weight is 618 g/mol. The SMILES string of the molecule is [2H]c1c([2H])c([2H])c(Cc2c3c([2H])c([2H])c([2H])c([2H])c3c(Cc3c([2H])c([2H])c([2H])c(-c4cccc5c4oc4cccc(-c6ccccc6)c45)c3[2H])c3c([2H])c([2H])c([2H])c([2H])c23)c([2H])c1[2H]. The van der Waals surface area contributed by atoms with Gasteiger partial charge in [0.2, 0.25) is 0 Å². The maximum absolute atomic E-state index is 9.69. The lowest BCUT2D eigenvalue weighted by atomic mass is 9.86. The number of para-hydroxylation sites is 1. The van der Waals surface area contributed by atoms with E-state index in [-0.39, 0.29) is 54.9 Å². The lowest BCUT2D eigenvalue weighted by Crippen LogP contribution is -1.98. The number of fused-ring (bicyclic) bond motifs is 5. The van der Waals surface area contributed by atoms with Crippen molar-refractivity contribution in [3.8, 4) is 22.3 Å². The zero-order valence-corrected chi connectivity index (χ0v) is 24.7. The molecule has 0 N–H and O–H groups in total. The number of rotatable bonds is 6. The van der Waals surface area contributed by atoms with Gasteiger partial charge in [-0.3, -0.25) is 0 Å². The molecule has 0 saturated carbocycles. The molecular weight excluding hydrogens is 569 g/mol. The van der Waals surface area contributed by atoms with Crippen LogP contribution in [0.3, 0.4) is 0 Å². The molecule has 0 aliphatic heterocycles. The van der Waals surface area contributed by atoms with Crippen LogP contribution in [0.1, 0.15) is 45.6 Å². The average Bonchev–Trinajstić information content (AvgIpc) is 3.69. The summed E-state index contributed by atoms with van der Waals surface area (Å²) in [6.45, 7) is 0. The van der Waals surface area contributed by atoms with E-state index in [0.717, 1.165) is 16.5 Å². The van der Waals surface area contributed by atoms with E-state index >= 15 is 0 Å². The van der Waals surface area contributed by atoms with Gasteiger partial charge < -0.3 is 4.42 Å². The summed E-state index contributed by atoms with van der Waals surface area (Å²) in [7, 11) is 0. The van der Waals surface area contributed by atoms with Gasteiger partial charge in [-0.1, -0.05) is 163 Å². The maximum atomic E-state index is 9.69. The van der Waals surface area contributed by atoms with Crippen LogP contribution in [-0.2, 0) is 12.8 Å². The first-order chi connectivity index (χ1) is 30.4. The zero-order valence-electron chi connectivity index (χ0n) is 41.7. The van der Waals surface area contributed by atoms with Crippen LogP contribution in [0.5, 0.6) is 0 Å². The van der Waals surface area contributed by atoms with Gasteiger partial charge in [0.05, 0.1) is 23.3 Å². The van der Waals surface area contributed by atoms with Crippen molar-refractivity contribution in [2.45, 2.75) is 12.8 Å². The van der Waals surface area contributed by atoms with Gasteiger partial charge in [0.15, 0.2) is 0 Å². The Morgan fingerprint density at radius 3 is 1.74 bits per heavy atom. The Morgan fingerprint density at radius 2 is 1.04 bits per heavy atom. The molecule has 9 aromatic rings. The predicted molar refractivity (Wildman–Crippen MR) is 198 cm³/mol. The van der Waals surface area contributed by atoms with Gasteiger partial charge in [0.25, 0.3) is 0 Å². The standard InChI is InChI=1S/C46H32O/c1-3-14-31(15-4-1)29-42-37-20-7-9-22-39(37)43(40-23-10-8-21-38(40)42)30-32-16-11-19-34(28-32)36-25-12-26-41-45-35(33-17-5-2-6-18-33)24-13-27-44(45)47-46(36)41/h1-28H,29-30H2/i1D,3D,4D,7D,8D,9D,10D,11D,14D,15D,16D,19D,20D,21D,22D,23D,28D. The first kappa shape index (κ1) is 15.1. The number of hydrogen-bond donors (Lipinski definition) is 0. The molecule has 0 saturated heterocycles. The van der Waals surface area contributed by atoms with Crippen molar-refractivity contribution in [2.24, 2.45) is 0 Å². The fourth-order valence-corrected chi connectivity index (χ4v) is 6.36. The molecule has 47 heavy (non-hydrogen) atoms. The molecule has 222 valence electrons. The van der Waals surface area contributed by atoms with Gasteiger partial charge in [-0.05, 0) is 79.4 Å². The second kappa shape index (κ2) is 11.5. The minimum Gasteiger partial charge on any atom is -0.455 e. The number of hydrogen-bond acceptors (Lipinski definition) is 1. The molecule has 1 heteroatoms. The first-order valence-corrected chi connectivity index (χ1v) is 15.0. The van der Waals surface area contributed by atoms with E-state index in [1.807, 2.05) is 48.5 Å². The maximum Gasteiger partial charge on any atom is 0.143 e. The molecule has 1 nitrogen and oxygen atoms in total. The van der Waals surface area contributed by atoms with Crippen LogP contribution in [0.15, 0.2) is 174 Å². The molecule has 0 amide bonds. The normalized spacial score (nSPS) is 16.6. The van der Waals surface area contributed by atoms with Crippen LogP contribution in [-0.4, -0.2) is 0 Å². The fourth-order valence-electron chi connectivity index (χ4n) is 6.36. The number of benzene rings is 8. The topological polar surface area (TPSA) is 13.1 Å². The summed E-state index contributed by atoms with van der Waals surface area (Å²) in [5, 5.41) is 0.423. The molecule has 0 aliphatic rings. The van der Waals surface area contributed by atoms with Crippen molar-refractivity contribution in [3.05, 3.63) is 192 Å². The molecule has 0 radical (unpaired) electrons. The third-order valence-corrected chi connectivity index (χ3v) is 8.39. The van der Waals surface area contributed by atoms with Crippen LogP contribution < -0.4 is 0 Å². The molecular formula is C46H32O. The molecule has 9 rings (SSSR count). The zero-order chi connectivity index (χ0) is 46.0. The van der Waals surface area contributed by atoms with Crippen LogP contribution in [0.4, 0.5) is 0 Å². The van der Waals surface area contributed by atoms with Crippen LogP contribution >= 0.6 is 0 Å². The second-order valence-corrected chi connectivity index (χ2v) is 11.1. The second-order valence-electron chi connectivity index (χ2n) is 11.1. The van der Waals surface area contributed by atoms with E-state index in [0.29, 0.717) is 16.6 Å². The van der Waals surface area contributed by atoms with E-state index in [1.54, 1.807) is 18.2 Å². The Balaban J connectivity index is 1.37. The first-order valence-electron chi connectivity index (χ1n) is 23.5. The molecule has 1 aromatic heterocycles. The summed E-state index contributed by atoms with van der Waals surface area (Å²) in [5.41, 5.74) is 2.07. The Morgan fingerprint density at radius 1 is 0.447 bits per heavy atom. The highest BCUT2D eigenvalue weighted by Gasteiger charge is 2.18. The van der Waals surface area contributed by atoms with Crippen molar-refractivity contribution in [2.75, 3.05) is 0 Å². The van der Waals surface area contributed by atoms with Crippen LogP contribution in [0.2, 0.25) is 0 Å². The molecule has 0 bridgehead atoms. The van der Waals surface area contributed by atoms with E-state index in [2.05, 4.69) is 0 Å². The van der Waals surface area contributed by atoms with Crippen molar-refractivity contribution in [3.63, 3.8) is 0 Å². The monoisotopic (exact) mass is 617 g/mol. The van der Waals surface area contributed by atoms with Gasteiger partial charge in [-0.25, -0.2) is 0 Å². The van der Waals surface area contributed by atoms with Crippen molar-refractivity contribution in [1.82, 2.24) is 0 Å². The summed E-state index contributed by atoms with van der Waals surface area (Å²) in [5.74, 6) is 0. The summed E-state index contributed by atoms with van der Waals surface area (Å²) < 4.78 is 157. The summed E-state index contributed by atoms with van der Waals surface area (Å²) >= 11 is 0. The van der Waals surface area contributed by atoms with Gasteiger partial charge in [0.1, 0.15) is 11.2 Å². The fraction of sp³-hybridized carbons (Fsp3) is 0.0435. The highest BCUT2D eigenvalue weighted by Crippen LogP contribution is 2.41. The Hall–Kier alpha value is -5.92. The Bertz CT molecular complexity index is 3420. The van der Waals surface area contributed by atoms with Crippen molar-refractivity contribution in [1.29, 1.82) is 0 Å². The van der Waals surface area contributed by atoms with E-state index in [4.69, 9.17) is 19.5 Å². The van der Waals surface area contributed by atoms with E-state index in [9.17, 15) is 8.22 Å². The van der Waals surface area contributed by atoms with E-state index in [1.165, 1.54) is 0 Å². The highest BCUT2D eigenvalue weighted by molar-refractivity contribution is 6.15. The largest absolute Gasteiger partial charge is 0.455 e. The Labute approximate surface area is 298 Å². The lowest BCUT2D eigenvalue weighted by molar-refractivity contribution is 0.670. The van der Waals surface area contributed by atoms with Crippen molar-refractivity contribution >= 4 is 43.5 Å². The third kappa shape index (κ3) is 4.80. The van der Waals surface area contributed by atoms with Gasteiger partial charge in [-0.15, -0.1) is 0 Å². The summed E-state index contributed by atoms with van der Waals surface area (Å²) in [4.78, 5) is 0. The van der Waals surface area contributed by atoms with E-state index < -0.39 is 116 Å². The highest BCUT2D eigenvalue weighted by atomic mass is 16.3. The molecule has 0 unspecified atom stereocenters. The van der Waals surface area contributed by atoms with Crippen LogP contribution in [0.25, 0.3) is 65.7 Å². The molecule has 0 atom stereocenters. The van der Waals surface area contributed by atoms with Crippen LogP contribution in [0, 0.1) is 0 Å². The van der Waals surface area contributed by atoms with Gasteiger partial charge >= 0.3 is 0 Å². The summed E-state index contributed by atoms with van der Waals surface area (Å²) in [6, 6.07) is 9.84. The Kier molecular flexibility index (Phi) is 3.69. The smallest absolute Gasteiger partial charge is 0.143 e. The minimum absolute atomic E-state index is 0.0721. The predicted octanol–water partition coefficient (Wildman–Crippen LogP) is 12.4. The molecule has 8 aromatic carbocycles. The molecule has 1 heterocycles. The molecule has 0 spiro atoms. The minimum atomic E-state index is -0.711. The molecule has 0 aliphatic carbocycles. The molecule has 0 fully saturated rings. The van der Waals surface area contributed by atoms with Gasteiger partial charge in [0, 0.05) is 16.3 Å². The summed E-state index contributed by atoms with van der Waals surface area (Å²) in [6.07, 6.45) is -1.19. The lowest BCUT2D eigenvalue weighted by Gasteiger charge is -2.17.